The Morgan fingerprint density at radius 3 is 2.56 bits per heavy atom. The van der Waals surface area contributed by atoms with Gasteiger partial charge in [0.25, 0.3) is 0 Å². The zero-order chi connectivity index (χ0) is 13.0. The summed E-state index contributed by atoms with van der Waals surface area (Å²) in [5.74, 6) is -0.391. The molecule has 0 spiro atoms. The summed E-state index contributed by atoms with van der Waals surface area (Å²) in [6.07, 6.45) is 2.38. The minimum atomic E-state index is -0.391. The summed E-state index contributed by atoms with van der Waals surface area (Å²) in [6, 6.07) is 10.2. The number of rotatable bonds is 3. The van der Waals surface area contributed by atoms with Crippen molar-refractivity contribution < 1.29 is 14.3 Å². The van der Waals surface area contributed by atoms with Gasteiger partial charge in [-0.2, -0.15) is 0 Å². The third-order valence-corrected chi connectivity index (χ3v) is 2.55. The fourth-order valence-corrected chi connectivity index (χ4v) is 1.64. The molecule has 0 radical (unpaired) electrons. The van der Waals surface area contributed by atoms with Crippen molar-refractivity contribution in [3.05, 3.63) is 53.7 Å². The Hall–Kier alpha value is -2.49. The highest BCUT2D eigenvalue weighted by molar-refractivity contribution is 5.91. The largest absolute Gasteiger partial charge is 0.465 e. The second-order valence-electron chi connectivity index (χ2n) is 3.63. The highest BCUT2D eigenvalue weighted by atomic mass is 16.5. The van der Waals surface area contributed by atoms with E-state index < -0.39 is 5.97 Å². The van der Waals surface area contributed by atoms with Crippen LogP contribution in [0, 0.1) is 0 Å². The zero-order valence-corrected chi connectivity index (χ0v) is 9.79. The van der Waals surface area contributed by atoms with E-state index in [9.17, 15) is 9.59 Å². The lowest BCUT2D eigenvalue weighted by molar-refractivity contribution is 0.0600. The smallest absolute Gasteiger partial charge is 0.337 e. The predicted octanol–water partition coefficient (Wildman–Crippen LogP) is 2.35. The molecule has 0 unspecified atom stereocenters. The lowest BCUT2D eigenvalue weighted by atomic mass is 10.0. The van der Waals surface area contributed by atoms with Crippen LogP contribution in [-0.2, 0) is 4.74 Å². The minimum absolute atomic E-state index is 0.391. The average molecular weight is 241 g/mol. The topological polar surface area (TPSA) is 56.3 Å². The van der Waals surface area contributed by atoms with Gasteiger partial charge >= 0.3 is 5.97 Å². The number of carbonyl (C=O) groups is 2. The van der Waals surface area contributed by atoms with Gasteiger partial charge in [0, 0.05) is 17.3 Å². The number of aldehydes is 1. The van der Waals surface area contributed by atoms with Gasteiger partial charge in [0.1, 0.15) is 0 Å². The number of nitrogens with zero attached hydrogens (tertiary/aromatic N) is 1. The second-order valence-corrected chi connectivity index (χ2v) is 3.63. The molecule has 0 saturated carbocycles. The van der Waals surface area contributed by atoms with Crippen LogP contribution in [0.25, 0.3) is 11.3 Å². The normalized spacial score (nSPS) is 9.83. The van der Waals surface area contributed by atoms with Gasteiger partial charge in [-0.1, -0.05) is 12.1 Å². The summed E-state index contributed by atoms with van der Waals surface area (Å²) in [7, 11) is 1.33. The van der Waals surface area contributed by atoms with Gasteiger partial charge in [0.05, 0.1) is 18.4 Å². The van der Waals surface area contributed by atoms with E-state index in [-0.39, 0.29) is 0 Å². The van der Waals surface area contributed by atoms with Crippen LogP contribution >= 0.6 is 0 Å². The van der Waals surface area contributed by atoms with Gasteiger partial charge in [0.2, 0.25) is 0 Å². The fourth-order valence-electron chi connectivity index (χ4n) is 1.64. The number of benzene rings is 1. The van der Waals surface area contributed by atoms with Crippen molar-refractivity contribution in [2.45, 2.75) is 0 Å². The standard InChI is InChI=1S/C14H11NO3/c1-18-14(17)11-6-4-10(5-7-11)13-12(9-16)3-2-8-15-13/h2-9H,1H3. The first-order chi connectivity index (χ1) is 8.76. The van der Waals surface area contributed by atoms with E-state index in [1.165, 1.54) is 7.11 Å². The molecule has 1 aromatic carbocycles. The van der Waals surface area contributed by atoms with Crippen LogP contribution in [0.15, 0.2) is 42.6 Å². The van der Waals surface area contributed by atoms with Crippen LogP contribution in [0.5, 0.6) is 0 Å². The molecule has 0 amide bonds. The number of aromatic nitrogens is 1. The Kier molecular flexibility index (Phi) is 3.48. The van der Waals surface area contributed by atoms with E-state index in [0.29, 0.717) is 16.8 Å². The Balaban J connectivity index is 2.40. The highest BCUT2D eigenvalue weighted by Gasteiger charge is 2.08. The van der Waals surface area contributed by atoms with E-state index in [1.54, 1.807) is 42.6 Å². The third kappa shape index (κ3) is 2.27. The molecule has 2 rings (SSSR count). The molecule has 0 N–H and O–H groups in total. The quantitative estimate of drug-likeness (QED) is 0.611. The monoisotopic (exact) mass is 241 g/mol. The third-order valence-electron chi connectivity index (χ3n) is 2.55. The van der Waals surface area contributed by atoms with Crippen molar-refractivity contribution in [1.29, 1.82) is 0 Å². The lowest BCUT2D eigenvalue weighted by Gasteiger charge is -2.04. The molecular weight excluding hydrogens is 230 g/mol. The molecule has 4 heteroatoms. The fraction of sp³-hybridized carbons (Fsp3) is 0.0714. The molecule has 1 aromatic heterocycles. The van der Waals surface area contributed by atoms with E-state index in [4.69, 9.17) is 0 Å². The van der Waals surface area contributed by atoms with Crippen molar-refractivity contribution in [3.63, 3.8) is 0 Å². The molecular formula is C14H11NO3. The number of hydrogen-bond donors (Lipinski definition) is 0. The summed E-state index contributed by atoms with van der Waals surface area (Å²) >= 11 is 0. The van der Waals surface area contributed by atoms with E-state index in [1.807, 2.05) is 0 Å². The van der Waals surface area contributed by atoms with Crippen LogP contribution in [-0.4, -0.2) is 24.3 Å². The molecule has 18 heavy (non-hydrogen) atoms. The van der Waals surface area contributed by atoms with Crippen LogP contribution in [0.4, 0.5) is 0 Å². The Bertz CT molecular complexity index is 576. The van der Waals surface area contributed by atoms with Gasteiger partial charge in [0.15, 0.2) is 6.29 Å². The van der Waals surface area contributed by atoms with Crippen molar-refractivity contribution in [2.75, 3.05) is 7.11 Å². The van der Waals surface area contributed by atoms with Crippen LogP contribution in [0.1, 0.15) is 20.7 Å². The average Bonchev–Trinajstić information content (AvgIpc) is 2.46. The van der Waals surface area contributed by atoms with Gasteiger partial charge < -0.3 is 4.74 Å². The zero-order valence-electron chi connectivity index (χ0n) is 9.79. The first kappa shape index (κ1) is 12.0. The number of methoxy groups -OCH3 is 1. The first-order valence-corrected chi connectivity index (χ1v) is 5.35. The predicted molar refractivity (Wildman–Crippen MR) is 66.4 cm³/mol. The number of carbonyl (C=O) groups excluding carboxylic acids is 2. The Morgan fingerprint density at radius 1 is 1.22 bits per heavy atom. The number of hydrogen-bond acceptors (Lipinski definition) is 4. The number of pyridine rings is 1. The van der Waals surface area contributed by atoms with E-state index in [2.05, 4.69) is 9.72 Å². The van der Waals surface area contributed by atoms with Gasteiger partial charge in [-0.3, -0.25) is 9.78 Å². The summed E-state index contributed by atoms with van der Waals surface area (Å²) in [5, 5.41) is 0. The molecule has 90 valence electrons. The van der Waals surface area contributed by atoms with Gasteiger partial charge in [-0.15, -0.1) is 0 Å². The Morgan fingerprint density at radius 2 is 1.94 bits per heavy atom. The van der Waals surface area contributed by atoms with Crippen LogP contribution in [0.2, 0.25) is 0 Å². The minimum Gasteiger partial charge on any atom is -0.465 e. The molecule has 1 heterocycles. The SMILES string of the molecule is COC(=O)c1ccc(-c2ncccc2C=O)cc1. The summed E-state index contributed by atoms with van der Waals surface area (Å²) < 4.78 is 4.62. The maximum absolute atomic E-state index is 11.3. The molecule has 2 aromatic rings. The molecule has 4 nitrogen and oxygen atoms in total. The van der Waals surface area contributed by atoms with Gasteiger partial charge in [-0.25, -0.2) is 4.79 Å². The number of esters is 1. The van der Waals surface area contributed by atoms with Crippen LogP contribution < -0.4 is 0 Å². The van der Waals surface area contributed by atoms with Crippen molar-refractivity contribution in [3.8, 4) is 11.3 Å². The molecule has 0 aliphatic carbocycles. The van der Waals surface area contributed by atoms with Gasteiger partial charge in [-0.05, 0) is 24.3 Å². The first-order valence-electron chi connectivity index (χ1n) is 5.35. The van der Waals surface area contributed by atoms with Crippen molar-refractivity contribution in [2.24, 2.45) is 0 Å². The van der Waals surface area contributed by atoms with E-state index >= 15 is 0 Å². The maximum Gasteiger partial charge on any atom is 0.337 e. The van der Waals surface area contributed by atoms with Crippen LogP contribution in [0.3, 0.4) is 0 Å². The van der Waals surface area contributed by atoms with Crippen molar-refractivity contribution in [1.82, 2.24) is 4.98 Å². The van der Waals surface area contributed by atoms with Crippen molar-refractivity contribution >= 4 is 12.3 Å². The molecule has 0 aliphatic rings. The highest BCUT2D eigenvalue weighted by Crippen LogP contribution is 2.20. The maximum atomic E-state index is 11.3. The Labute approximate surface area is 104 Å². The molecule has 0 fully saturated rings. The number of ether oxygens (including phenoxy) is 1. The second kappa shape index (κ2) is 5.23. The summed E-state index contributed by atoms with van der Waals surface area (Å²) in [4.78, 5) is 26.4. The van der Waals surface area contributed by atoms with E-state index in [0.717, 1.165) is 11.8 Å². The lowest BCUT2D eigenvalue weighted by Crippen LogP contribution is -2.00. The summed E-state index contributed by atoms with van der Waals surface area (Å²) in [6.45, 7) is 0. The molecule has 0 saturated heterocycles. The summed E-state index contributed by atoms with van der Waals surface area (Å²) in [5.41, 5.74) is 2.36. The molecule has 0 bridgehead atoms. The molecule has 0 aliphatic heterocycles. The molecule has 0 atom stereocenters.